The fraction of sp³-hybridized carbons (Fsp3) is 0.708. The molecule has 1 aromatic rings. The van der Waals surface area contributed by atoms with E-state index in [1.54, 1.807) is 7.11 Å². The summed E-state index contributed by atoms with van der Waals surface area (Å²) in [6, 6.07) is 5.80. The molecule has 2 aliphatic rings. The van der Waals surface area contributed by atoms with Gasteiger partial charge in [0, 0.05) is 31.7 Å². The first-order valence-electron chi connectivity index (χ1n) is 12.0. The number of ether oxygens (including phenoxy) is 3. The summed E-state index contributed by atoms with van der Waals surface area (Å²) < 4.78 is 16.6. The van der Waals surface area contributed by atoms with E-state index in [4.69, 9.17) is 24.3 Å². The number of halogens is 1. The van der Waals surface area contributed by atoms with Crippen LogP contribution in [-0.4, -0.2) is 81.2 Å². The van der Waals surface area contributed by atoms with Crippen molar-refractivity contribution in [2.24, 2.45) is 4.99 Å². The number of morpholine rings is 1. The van der Waals surface area contributed by atoms with Crippen molar-refractivity contribution in [2.45, 2.75) is 51.1 Å². The molecule has 1 aliphatic carbocycles. The third kappa shape index (κ3) is 8.15. The number of aliphatic hydroxyl groups is 1. The first-order valence-corrected chi connectivity index (χ1v) is 12.0. The van der Waals surface area contributed by atoms with Crippen molar-refractivity contribution in [3.8, 4) is 11.5 Å². The SMILES string of the molecule is CCNC(=NCc1ccc(OCCO)c(OC)c1)NCC1(N2CCOCC2)CCCCC1.I. The predicted octanol–water partition coefficient (Wildman–Crippen LogP) is 2.77. The Kier molecular flexibility index (Phi) is 12.6. The molecule has 0 amide bonds. The molecule has 0 atom stereocenters. The summed E-state index contributed by atoms with van der Waals surface area (Å²) in [6.45, 7) is 8.24. The maximum Gasteiger partial charge on any atom is 0.191 e. The van der Waals surface area contributed by atoms with E-state index in [0.29, 0.717) is 18.0 Å². The Hall–Kier alpha value is -1.30. The van der Waals surface area contributed by atoms with Gasteiger partial charge in [-0.05, 0) is 37.5 Å². The van der Waals surface area contributed by atoms with Crippen molar-refractivity contribution >= 4 is 29.9 Å². The summed E-state index contributed by atoms with van der Waals surface area (Å²) in [6.07, 6.45) is 6.37. The quantitative estimate of drug-likeness (QED) is 0.224. The maximum atomic E-state index is 8.98. The van der Waals surface area contributed by atoms with E-state index in [2.05, 4.69) is 22.5 Å². The summed E-state index contributed by atoms with van der Waals surface area (Å²) in [5, 5.41) is 16.0. The van der Waals surface area contributed by atoms with Gasteiger partial charge in [-0.25, -0.2) is 4.99 Å². The van der Waals surface area contributed by atoms with Crippen LogP contribution in [0.4, 0.5) is 0 Å². The zero-order chi connectivity index (χ0) is 22.7. The van der Waals surface area contributed by atoms with Crippen LogP contribution in [0.25, 0.3) is 0 Å². The molecule has 0 bridgehead atoms. The molecule has 3 N–H and O–H groups in total. The second kappa shape index (κ2) is 14.9. The molecule has 188 valence electrons. The largest absolute Gasteiger partial charge is 0.493 e. The standard InChI is InChI=1S/C24H40N4O4.HI/c1-3-25-23(26-18-20-7-8-21(32-16-13-29)22(17-20)30-2)27-19-24(9-5-4-6-10-24)28-11-14-31-15-12-28;/h7-8,17,29H,3-6,9-16,18-19H2,1-2H3,(H2,25,26,27);1H. The van der Waals surface area contributed by atoms with Crippen LogP contribution in [0, 0.1) is 0 Å². The van der Waals surface area contributed by atoms with Crippen LogP contribution in [0.15, 0.2) is 23.2 Å². The van der Waals surface area contributed by atoms with Gasteiger partial charge in [0.15, 0.2) is 17.5 Å². The van der Waals surface area contributed by atoms with E-state index in [-0.39, 0.29) is 42.7 Å². The zero-order valence-electron chi connectivity index (χ0n) is 20.1. The van der Waals surface area contributed by atoms with Crippen LogP contribution in [0.5, 0.6) is 11.5 Å². The van der Waals surface area contributed by atoms with Gasteiger partial charge in [0.25, 0.3) is 0 Å². The molecule has 0 aromatic heterocycles. The molecule has 8 nitrogen and oxygen atoms in total. The molecule has 9 heteroatoms. The number of rotatable bonds is 10. The van der Waals surface area contributed by atoms with Crippen LogP contribution in [-0.2, 0) is 11.3 Å². The summed E-state index contributed by atoms with van der Waals surface area (Å²) in [5.74, 6) is 2.12. The molecular formula is C24H41IN4O4. The van der Waals surface area contributed by atoms with Gasteiger partial charge in [-0.3, -0.25) is 4.90 Å². The molecule has 1 aromatic carbocycles. The normalized spacial score (nSPS) is 18.8. The Morgan fingerprint density at radius 2 is 1.91 bits per heavy atom. The minimum Gasteiger partial charge on any atom is -0.493 e. The average molecular weight is 577 g/mol. The van der Waals surface area contributed by atoms with E-state index in [1.165, 1.54) is 32.1 Å². The van der Waals surface area contributed by atoms with E-state index >= 15 is 0 Å². The minimum absolute atomic E-state index is 0. The molecule has 1 heterocycles. The number of hydrogen-bond donors (Lipinski definition) is 3. The van der Waals surface area contributed by atoms with Gasteiger partial charge < -0.3 is 30.0 Å². The number of aliphatic imine (C=N–C) groups is 1. The lowest BCUT2D eigenvalue weighted by Crippen LogP contribution is -2.60. The molecule has 1 saturated heterocycles. The van der Waals surface area contributed by atoms with Crippen molar-refractivity contribution in [3.05, 3.63) is 23.8 Å². The van der Waals surface area contributed by atoms with Crippen LogP contribution in [0.1, 0.15) is 44.6 Å². The van der Waals surface area contributed by atoms with Crippen LogP contribution >= 0.6 is 24.0 Å². The Balaban J connectivity index is 0.00000385. The highest BCUT2D eigenvalue weighted by molar-refractivity contribution is 14.0. The van der Waals surface area contributed by atoms with Gasteiger partial charge in [0.2, 0.25) is 0 Å². The zero-order valence-corrected chi connectivity index (χ0v) is 22.4. The van der Waals surface area contributed by atoms with Gasteiger partial charge >= 0.3 is 0 Å². The number of nitrogens with zero attached hydrogens (tertiary/aromatic N) is 2. The molecule has 1 aliphatic heterocycles. The Labute approximate surface area is 215 Å². The number of nitrogens with one attached hydrogen (secondary N) is 2. The third-order valence-electron chi connectivity index (χ3n) is 6.39. The van der Waals surface area contributed by atoms with Crippen molar-refractivity contribution in [3.63, 3.8) is 0 Å². The van der Waals surface area contributed by atoms with E-state index in [1.807, 2.05) is 18.2 Å². The smallest absolute Gasteiger partial charge is 0.191 e. The minimum atomic E-state index is -0.0289. The van der Waals surface area contributed by atoms with Crippen molar-refractivity contribution in [1.29, 1.82) is 0 Å². The molecular weight excluding hydrogens is 535 g/mol. The predicted molar refractivity (Wildman–Crippen MR) is 142 cm³/mol. The van der Waals surface area contributed by atoms with Crippen molar-refractivity contribution in [1.82, 2.24) is 15.5 Å². The molecule has 33 heavy (non-hydrogen) atoms. The Morgan fingerprint density at radius 3 is 2.58 bits per heavy atom. The molecule has 3 rings (SSSR count). The van der Waals surface area contributed by atoms with E-state index < -0.39 is 0 Å². The van der Waals surface area contributed by atoms with Gasteiger partial charge in [-0.1, -0.05) is 25.3 Å². The topological polar surface area (TPSA) is 87.6 Å². The second-order valence-electron chi connectivity index (χ2n) is 8.49. The maximum absolute atomic E-state index is 8.98. The highest BCUT2D eigenvalue weighted by Gasteiger charge is 2.38. The summed E-state index contributed by atoms with van der Waals surface area (Å²) in [5.41, 5.74) is 1.23. The Morgan fingerprint density at radius 1 is 1.15 bits per heavy atom. The monoisotopic (exact) mass is 576 g/mol. The van der Waals surface area contributed by atoms with Crippen LogP contribution < -0.4 is 20.1 Å². The van der Waals surface area contributed by atoms with Crippen LogP contribution in [0.2, 0.25) is 0 Å². The van der Waals surface area contributed by atoms with Crippen molar-refractivity contribution < 1.29 is 19.3 Å². The summed E-state index contributed by atoms with van der Waals surface area (Å²) in [4.78, 5) is 7.47. The fourth-order valence-corrected chi connectivity index (χ4v) is 4.70. The van der Waals surface area contributed by atoms with E-state index in [0.717, 1.165) is 50.9 Å². The number of hydrogen-bond acceptors (Lipinski definition) is 6. The average Bonchev–Trinajstić information content (AvgIpc) is 2.85. The number of methoxy groups -OCH3 is 1. The lowest BCUT2D eigenvalue weighted by molar-refractivity contribution is -0.0352. The highest BCUT2D eigenvalue weighted by Crippen LogP contribution is 2.34. The van der Waals surface area contributed by atoms with Gasteiger partial charge in [0.1, 0.15) is 6.61 Å². The first-order chi connectivity index (χ1) is 15.7. The summed E-state index contributed by atoms with van der Waals surface area (Å²) in [7, 11) is 1.62. The highest BCUT2D eigenvalue weighted by atomic mass is 127. The van der Waals surface area contributed by atoms with E-state index in [9.17, 15) is 0 Å². The number of aliphatic hydroxyl groups excluding tert-OH is 1. The lowest BCUT2D eigenvalue weighted by atomic mass is 9.80. The molecule has 2 fully saturated rings. The molecule has 0 spiro atoms. The van der Waals surface area contributed by atoms with Gasteiger partial charge in [-0.2, -0.15) is 0 Å². The second-order valence-corrected chi connectivity index (χ2v) is 8.49. The van der Waals surface area contributed by atoms with Crippen LogP contribution in [0.3, 0.4) is 0 Å². The summed E-state index contributed by atoms with van der Waals surface area (Å²) >= 11 is 0. The molecule has 0 unspecified atom stereocenters. The Bertz CT molecular complexity index is 722. The first kappa shape index (κ1) is 27.9. The van der Waals surface area contributed by atoms with Gasteiger partial charge in [0.05, 0.1) is 33.5 Å². The molecule has 0 radical (unpaired) electrons. The van der Waals surface area contributed by atoms with Crippen molar-refractivity contribution in [2.75, 3.05) is 59.7 Å². The van der Waals surface area contributed by atoms with Gasteiger partial charge in [-0.15, -0.1) is 24.0 Å². The number of guanidine groups is 1. The third-order valence-corrected chi connectivity index (χ3v) is 6.39. The number of benzene rings is 1. The fourth-order valence-electron chi connectivity index (χ4n) is 4.70. The molecule has 1 saturated carbocycles. The lowest BCUT2D eigenvalue weighted by Gasteiger charge is -2.48.